The zero-order valence-electron chi connectivity index (χ0n) is 12.6. The molecule has 4 rings (SSSR count). The van der Waals surface area contributed by atoms with Crippen molar-refractivity contribution in [2.45, 2.75) is 25.4 Å². The van der Waals surface area contributed by atoms with Gasteiger partial charge in [-0.25, -0.2) is 4.98 Å². The zero-order chi connectivity index (χ0) is 15.8. The van der Waals surface area contributed by atoms with E-state index in [9.17, 15) is 4.79 Å². The number of carbonyl (C=O) groups is 1. The molecule has 0 saturated heterocycles. The third-order valence-electron chi connectivity index (χ3n) is 4.16. The third kappa shape index (κ3) is 2.57. The number of hydrogen-bond donors (Lipinski definition) is 2. The van der Waals surface area contributed by atoms with E-state index < -0.39 is 0 Å². The Kier molecular flexibility index (Phi) is 3.31. The molecule has 0 aliphatic carbocycles. The van der Waals surface area contributed by atoms with Gasteiger partial charge in [0, 0.05) is 36.8 Å². The molecule has 116 valence electrons. The highest BCUT2D eigenvalue weighted by molar-refractivity contribution is 6.07. The molecule has 0 bridgehead atoms. The Balaban J connectivity index is 1.63. The molecular weight excluding hydrogens is 290 g/mol. The minimum Gasteiger partial charge on any atom is -0.333 e. The van der Waals surface area contributed by atoms with Crippen LogP contribution in [-0.2, 0) is 13.0 Å². The lowest BCUT2D eigenvalue weighted by molar-refractivity contribution is 0.102. The molecule has 1 atom stereocenters. The highest BCUT2D eigenvalue weighted by Crippen LogP contribution is 2.22. The molecule has 1 amide bonds. The van der Waals surface area contributed by atoms with Crippen LogP contribution in [0.25, 0.3) is 10.9 Å². The maximum absolute atomic E-state index is 12.5. The van der Waals surface area contributed by atoms with Gasteiger partial charge in [-0.2, -0.15) is 0 Å². The number of nitrogens with one attached hydrogen (secondary N) is 1. The van der Waals surface area contributed by atoms with Crippen molar-refractivity contribution in [3.8, 4) is 0 Å². The van der Waals surface area contributed by atoms with Gasteiger partial charge >= 0.3 is 0 Å². The van der Waals surface area contributed by atoms with Gasteiger partial charge < -0.3 is 15.6 Å². The standard InChI is InChI=1S/C17H17N5O/c18-11-5-6-16-20-15(10-22(16)9-11)17(23)21-14-7-8-19-13-4-2-1-3-12(13)14/h1-4,7-8,10-11H,5-6,9,18H2,(H,19,21,23). The lowest BCUT2D eigenvalue weighted by atomic mass is 10.1. The van der Waals surface area contributed by atoms with E-state index in [0.29, 0.717) is 12.2 Å². The van der Waals surface area contributed by atoms with E-state index in [1.807, 2.05) is 28.8 Å². The summed E-state index contributed by atoms with van der Waals surface area (Å²) in [5, 5.41) is 3.85. The molecule has 2 aromatic heterocycles. The molecule has 0 saturated carbocycles. The number of hydrogen-bond acceptors (Lipinski definition) is 4. The topological polar surface area (TPSA) is 85.8 Å². The second-order valence-electron chi connectivity index (χ2n) is 5.82. The van der Waals surface area contributed by atoms with Crippen LogP contribution in [0.3, 0.4) is 0 Å². The maximum Gasteiger partial charge on any atom is 0.275 e. The summed E-state index contributed by atoms with van der Waals surface area (Å²) < 4.78 is 1.98. The van der Waals surface area contributed by atoms with Crippen LogP contribution >= 0.6 is 0 Å². The van der Waals surface area contributed by atoms with Crippen molar-refractivity contribution in [1.29, 1.82) is 0 Å². The Morgan fingerprint density at radius 3 is 3.09 bits per heavy atom. The molecule has 6 nitrogen and oxygen atoms in total. The first-order valence-electron chi connectivity index (χ1n) is 7.67. The smallest absolute Gasteiger partial charge is 0.275 e. The van der Waals surface area contributed by atoms with Crippen LogP contribution in [0.4, 0.5) is 5.69 Å². The highest BCUT2D eigenvalue weighted by atomic mass is 16.1. The number of imidazole rings is 1. The van der Waals surface area contributed by atoms with Gasteiger partial charge in [0.15, 0.2) is 0 Å². The first-order chi connectivity index (χ1) is 11.2. The molecule has 1 aliphatic heterocycles. The van der Waals surface area contributed by atoms with Gasteiger partial charge in [0.25, 0.3) is 5.91 Å². The monoisotopic (exact) mass is 307 g/mol. The lowest BCUT2D eigenvalue weighted by Gasteiger charge is -2.19. The molecule has 1 aliphatic rings. The lowest BCUT2D eigenvalue weighted by Crippen LogP contribution is -2.31. The predicted molar refractivity (Wildman–Crippen MR) is 88.2 cm³/mol. The number of aromatic nitrogens is 3. The van der Waals surface area contributed by atoms with Crippen molar-refractivity contribution >= 4 is 22.5 Å². The Morgan fingerprint density at radius 1 is 1.30 bits per heavy atom. The Bertz CT molecular complexity index is 880. The number of anilines is 1. The molecule has 3 N–H and O–H groups in total. The number of benzene rings is 1. The summed E-state index contributed by atoms with van der Waals surface area (Å²) in [5.41, 5.74) is 7.98. The van der Waals surface area contributed by atoms with Crippen molar-refractivity contribution in [2.75, 3.05) is 5.32 Å². The molecule has 3 aromatic rings. The van der Waals surface area contributed by atoms with Gasteiger partial charge in [-0.3, -0.25) is 9.78 Å². The van der Waals surface area contributed by atoms with Crippen LogP contribution in [-0.4, -0.2) is 26.5 Å². The molecular formula is C17H17N5O. The van der Waals surface area contributed by atoms with Crippen molar-refractivity contribution in [1.82, 2.24) is 14.5 Å². The van der Waals surface area contributed by atoms with Gasteiger partial charge in [0.2, 0.25) is 0 Å². The maximum atomic E-state index is 12.5. The average Bonchev–Trinajstić information content (AvgIpc) is 2.98. The second kappa shape index (κ2) is 5.48. The molecule has 23 heavy (non-hydrogen) atoms. The number of aryl methyl sites for hydroxylation is 1. The molecule has 0 spiro atoms. The average molecular weight is 307 g/mol. The van der Waals surface area contributed by atoms with Gasteiger partial charge in [0.05, 0.1) is 11.2 Å². The Morgan fingerprint density at radius 2 is 2.17 bits per heavy atom. The van der Waals surface area contributed by atoms with Crippen LogP contribution in [0.15, 0.2) is 42.7 Å². The summed E-state index contributed by atoms with van der Waals surface area (Å²) in [6, 6.07) is 9.64. The number of para-hydroxylation sites is 1. The van der Waals surface area contributed by atoms with Crippen molar-refractivity contribution in [3.63, 3.8) is 0 Å². The largest absolute Gasteiger partial charge is 0.333 e. The van der Waals surface area contributed by atoms with E-state index in [1.165, 1.54) is 0 Å². The normalized spacial score (nSPS) is 17.0. The van der Waals surface area contributed by atoms with Crippen molar-refractivity contribution < 1.29 is 4.79 Å². The molecule has 6 heteroatoms. The number of fused-ring (bicyclic) bond motifs is 2. The first kappa shape index (κ1) is 13.9. The fraction of sp³-hybridized carbons (Fsp3) is 0.235. The molecule has 1 aromatic carbocycles. The fourth-order valence-electron chi connectivity index (χ4n) is 2.97. The summed E-state index contributed by atoms with van der Waals surface area (Å²) in [7, 11) is 0. The second-order valence-corrected chi connectivity index (χ2v) is 5.82. The Hall–Kier alpha value is -2.73. The third-order valence-corrected chi connectivity index (χ3v) is 4.16. The van der Waals surface area contributed by atoms with Gasteiger partial charge in [-0.1, -0.05) is 18.2 Å². The number of nitrogens with zero attached hydrogens (tertiary/aromatic N) is 3. The van der Waals surface area contributed by atoms with Gasteiger partial charge in [-0.05, 0) is 18.6 Å². The van der Waals surface area contributed by atoms with E-state index in [4.69, 9.17) is 5.73 Å². The molecule has 0 fully saturated rings. The van der Waals surface area contributed by atoms with Crippen LogP contribution in [0.1, 0.15) is 22.7 Å². The fourth-order valence-corrected chi connectivity index (χ4v) is 2.97. The zero-order valence-corrected chi connectivity index (χ0v) is 12.6. The van der Waals surface area contributed by atoms with E-state index in [-0.39, 0.29) is 11.9 Å². The number of carbonyl (C=O) groups excluding carboxylic acids is 1. The number of amides is 1. The SMILES string of the molecule is NC1CCc2nc(C(=O)Nc3ccnc4ccccc34)cn2C1. The van der Waals surface area contributed by atoms with Crippen LogP contribution < -0.4 is 11.1 Å². The Labute approximate surface area is 133 Å². The highest BCUT2D eigenvalue weighted by Gasteiger charge is 2.20. The van der Waals surface area contributed by atoms with Crippen molar-refractivity contribution in [3.05, 3.63) is 54.2 Å². The number of rotatable bonds is 2. The summed E-state index contributed by atoms with van der Waals surface area (Å²) >= 11 is 0. The van der Waals surface area contributed by atoms with Crippen molar-refractivity contribution in [2.24, 2.45) is 5.73 Å². The minimum atomic E-state index is -0.211. The summed E-state index contributed by atoms with van der Waals surface area (Å²) in [6.07, 6.45) is 5.20. The number of pyridine rings is 1. The molecule has 1 unspecified atom stereocenters. The summed E-state index contributed by atoms with van der Waals surface area (Å²) in [6.45, 7) is 0.716. The van der Waals surface area contributed by atoms with Crippen LogP contribution in [0.2, 0.25) is 0 Å². The minimum absolute atomic E-state index is 0.136. The predicted octanol–water partition coefficient (Wildman–Crippen LogP) is 1.96. The van der Waals surface area contributed by atoms with Crippen LogP contribution in [0.5, 0.6) is 0 Å². The van der Waals surface area contributed by atoms with E-state index in [0.717, 1.165) is 35.3 Å². The molecule has 0 radical (unpaired) electrons. The quantitative estimate of drug-likeness (QED) is 0.758. The summed E-state index contributed by atoms with van der Waals surface area (Å²) in [5.74, 6) is 0.716. The number of nitrogens with two attached hydrogens (primary N) is 1. The van der Waals surface area contributed by atoms with Crippen LogP contribution in [0, 0.1) is 0 Å². The van der Waals surface area contributed by atoms with E-state index >= 15 is 0 Å². The first-order valence-corrected chi connectivity index (χ1v) is 7.67. The summed E-state index contributed by atoms with van der Waals surface area (Å²) in [4.78, 5) is 21.3. The molecule has 3 heterocycles. The van der Waals surface area contributed by atoms with Gasteiger partial charge in [-0.15, -0.1) is 0 Å². The van der Waals surface area contributed by atoms with Gasteiger partial charge in [0.1, 0.15) is 11.5 Å². The van der Waals surface area contributed by atoms with E-state index in [1.54, 1.807) is 18.5 Å². The van der Waals surface area contributed by atoms with E-state index in [2.05, 4.69) is 15.3 Å².